The number of methoxy groups -OCH3 is 1. The van der Waals surface area contributed by atoms with Gasteiger partial charge < -0.3 is 4.74 Å². The summed E-state index contributed by atoms with van der Waals surface area (Å²) in [6.45, 7) is 1.47. The molecule has 0 unspecified atom stereocenters. The minimum absolute atomic E-state index is 0.0391. The van der Waals surface area contributed by atoms with E-state index < -0.39 is 0 Å². The summed E-state index contributed by atoms with van der Waals surface area (Å²) in [5.74, 6) is 0.401. The molecule has 0 bridgehead atoms. The normalized spacial score (nSPS) is 9.00. The SMILES string of the molecule is COc1cc(C(C)=O)ccc1[11C]#N. The summed E-state index contributed by atoms with van der Waals surface area (Å²) in [5.41, 5.74) is 0.989. The second-order valence-electron chi connectivity index (χ2n) is 2.58. The highest BCUT2D eigenvalue weighted by Crippen LogP contribution is 2.19. The summed E-state index contributed by atoms with van der Waals surface area (Å²) >= 11 is 0. The summed E-state index contributed by atoms with van der Waals surface area (Å²) in [6, 6.07) is 6.74. The average Bonchev–Trinajstić information content (AvgIpc) is 2.16. The number of rotatable bonds is 2. The smallest absolute Gasteiger partial charge is 0.159 e. The Morgan fingerprint density at radius 2 is 2.23 bits per heavy atom. The molecule has 0 aromatic heterocycles. The fourth-order valence-electron chi connectivity index (χ4n) is 1.00. The first-order valence-electron chi connectivity index (χ1n) is 3.78. The third kappa shape index (κ3) is 1.85. The van der Waals surface area contributed by atoms with Crippen LogP contribution in [0.2, 0.25) is 0 Å². The molecule has 0 aliphatic heterocycles. The molecule has 0 atom stereocenters. The first-order valence-corrected chi connectivity index (χ1v) is 3.78. The molecule has 0 amide bonds. The molecule has 0 aliphatic rings. The van der Waals surface area contributed by atoms with E-state index in [0.717, 1.165) is 0 Å². The number of nitriles is 1. The summed E-state index contributed by atoms with van der Waals surface area (Å²) < 4.78 is 4.95. The van der Waals surface area contributed by atoms with E-state index in [1.807, 2.05) is 6.07 Å². The summed E-state index contributed by atoms with van der Waals surface area (Å²) in [7, 11) is 1.47. The van der Waals surface area contributed by atoms with E-state index in [9.17, 15) is 4.79 Å². The summed E-state index contributed by atoms with van der Waals surface area (Å²) in [4.78, 5) is 11.0. The van der Waals surface area contributed by atoms with Crippen molar-refractivity contribution in [3.63, 3.8) is 0 Å². The van der Waals surface area contributed by atoms with Gasteiger partial charge in [-0.1, -0.05) is 0 Å². The van der Waals surface area contributed by atoms with Gasteiger partial charge in [-0.25, -0.2) is 0 Å². The molecule has 1 aromatic carbocycles. The molecule has 0 saturated heterocycles. The minimum Gasteiger partial charge on any atom is -0.495 e. The largest absolute Gasteiger partial charge is 0.495 e. The quantitative estimate of drug-likeness (QED) is 0.642. The Bertz CT molecular complexity index is 377. The van der Waals surface area contributed by atoms with Crippen LogP contribution in [0.1, 0.15) is 22.8 Å². The van der Waals surface area contributed by atoms with Crippen molar-refractivity contribution in [2.45, 2.75) is 6.92 Å². The number of nitrogens with zero attached hydrogens (tertiary/aromatic N) is 1. The van der Waals surface area contributed by atoms with Crippen LogP contribution in [0.15, 0.2) is 18.2 Å². The monoisotopic (exact) mass is 174 g/mol. The Labute approximate surface area is 76.6 Å². The molecule has 3 heteroatoms. The molecule has 13 heavy (non-hydrogen) atoms. The van der Waals surface area contributed by atoms with Gasteiger partial charge in [0.15, 0.2) is 5.78 Å². The lowest BCUT2D eigenvalue weighted by Crippen LogP contribution is -1.95. The molecule has 0 fully saturated rings. The fraction of sp³-hybridized carbons (Fsp3) is 0.200. The predicted octanol–water partition coefficient (Wildman–Crippen LogP) is 1.77. The van der Waals surface area contributed by atoms with Crippen LogP contribution < -0.4 is 4.74 Å². The first-order chi connectivity index (χ1) is 6.19. The highest BCUT2D eigenvalue weighted by atomic mass is 16.5. The van der Waals surface area contributed by atoms with Gasteiger partial charge in [0.1, 0.15) is 11.8 Å². The zero-order chi connectivity index (χ0) is 9.84. The Morgan fingerprint density at radius 3 is 2.69 bits per heavy atom. The maximum absolute atomic E-state index is 11.0. The van der Waals surface area contributed by atoms with E-state index in [0.29, 0.717) is 16.9 Å². The molecular weight excluding hydrogens is 165 g/mol. The lowest BCUT2D eigenvalue weighted by molar-refractivity contribution is 0.101. The first kappa shape index (κ1) is 9.27. The van der Waals surface area contributed by atoms with Crippen molar-refractivity contribution in [3.8, 4) is 11.8 Å². The van der Waals surface area contributed by atoms with Crippen LogP contribution in [0.5, 0.6) is 5.75 Å². The molecule has 1 rings (SSSR count). The Kier molecular flexibility index (Phi) is 2.65. The van der Waals surface area contributed by atoms with Gasteiger partial charge in [0, 0.05) is 5.56 Å². The maximum atomic E-state index is 11.0. The van der Waals surface area contributed by atoms with Gasteiger partial charge in [-0.05, 0) is 25.1 Å². The van der Waals surface area contributed by atoms with Gasteiger partial charge in [-0.3, -0.25) is 4.79 Å². The van der Waals surface area contributed by atoms with E-state index in [4.69, 9.17) is 10.00 Å². The zero-order valence-corrected chi connectivity index (χ0v) is 7.50. The van der Waals surface area contributed by atoms with E-state index in [1.165, 1.54) is 14.0 Å². The van der Waals surface area contributed by atoms with E-state index in [1.54, 1.807) is 18.2 Å². The number of ketones is 1. The third-order valence-corrected chi connectivity index (χ3v) is 1.73. The number of carbonyl (C=O) groups excluding carboxylic acids is 1. The van der Waals surface area contributed by atoms with Crippen molar-refractivity contribution < 1.29 is 9.53 Å². The minimum atomic E-state index is -0.0391. The Hall–Kier alpha value is -1.82. The summed E-state index contributed by atoms with van der Waals surface area (Å²) in [6.07, 6.45) is 0. The Balaban J connectivity index is 3.23. The number of hydrogen-bond donors (Lipinski definition) is 0. The van der Waals surface area contributed by atoms with Crippen molar-refractivity contribution >= 4 is 5.78 Å². The van der Waals surface area contributed by atoms with Crippen LogP contribution in [0.3, 0.4) is 0 Å². The van der Waals surface area contributed by atoms with Crippen LogP contribution >= 0.6 is 0 Å². The highest BCUT2D eigenvalue weighted by Gasteiger charge is 2.05. The highest BCUT2D eigenvalue weighted by molar-refractivity contribution is 5.94. The molecule has 0 saturated carbocycles. The van der Waals surface area contributed by atoms with Gasteiger partial charge in [-0.15, -0.1) is 0 Å². The van der Waals surface area contributed by atoms with Crippen molar-refractivity contribution in [2.75, 3.05) is 7.11 Å². The van der Waals surface area contributed by atoms with Crippen molar-refractivity contribution in [3.05, 3.63) is 29.3 Å². The van der Waals surface area contributed by atoms with Crippen molar-refractivity contribution in [1.82, 2.24) is 0 Å². The molecule has 0 N–H and O–H groups in total. The van der Waals surface area contributed by atoms with E-state index >= 15 is 0 Å². The van der Waals surface area contributed by atoms with Crippen molar-refractivity contribution in [1.29, 1.82) is 5.26 Å². The van der Waals surface area contributed by atoms with Gasteiger partial charge in [0.2, 0.25) is 0 Å². The second kappa shape index (κ2) is 3.72. The standard InChI is InChI=1S/C10H9NO2/c1-7(12)8-3-4-9(6-11)10(5-8)13-2/h3-5H,1-2H3/i6-1. The molecule has 1 aromatic rings. The molecular formula is C10H9NO2. The number of carbonyl (C=O) groups is 1. The fourth-order valence-corrected chi connectivity index (χ4v) is 1.00. The number of Topliss-reactive ketones (excluding diaryl/α,β-unsaturated/α-hetero) is 1. The third-order valence-electron chi connectivity index (χ3n) is 1.73. The van der Waals surface area contributed by atoms with Crippen LogP contribution in [-0.2, 0) is 0 Å². The van der Waals surface area contributed by atoms with Crippen LogP contribution in [-0.4, -0.2) is 12.9 Å². The second-order valence-corrected chi connectivity index (χ2v) is 2.58. The maximum Gasteiger partial charge on any atom is 0.159 e. The lowest BCUT2D eigenvalue weighted by Gasteiger charge is -2.03. The number of benzene rings is 1. The van der Waals surface area contributed by atoms with E-state index in [-0.39, 0.29) is 5.78 Å². The molecule has 0 spiro atoms. The van der Waals surface area contributed by atoms with Gasteiger partial charge >= 0.3 is 0 Å². The van der Waals surface area contributed by atoms with Gasteiger partial charge in [-0.2, -0.15) is 5.26 Å². The predicted molar refractivity (Wildman–Crippen MR) is 47.7 cm³/mol. The topological polar surface area (TPSA) is 50.1 Å². The molecule has 0 heterocycles. The van der Waals surface area contributed by atoms with E-state index in [2.05, 4.69) is 0 Å². The molecule has 66 valence electrons. The average molecular weight is 174 g/mol. The van der Waals surface area contributed by atoms with Gasteiger partial charge in [0.05, 0.1) is 12.7 Å². The Morgan fingerprint density at radius 1 is 1.54 bits per heavy atom. The van der Waals surface area contributed by atoms with Crippen LogP contribution in [0, 0.1) is 11.3 Å². The van der Waals surface area contributed by atoms with Crippen LogP contribution in [0.25, 0.3) is 0 Å². The lowest BCUT2D eigenvalue weighted by atomic mass is 9.97. The molecule has 0 radical (unpaired) electrons. The number of ether oxygens (including phenoxy) is 1. The van der Waals surface area contributed by atoms with Crippen molar-refractivity contribution in [2.24, 2.45) is 0 Å². The molecule has 3 nitrogen and oxygen atoms in total. The van der Waals surface area contributed by atoms with Crippen LogP contribution in [0.4, 0.5) is 0 Å². The number of hydrogen-bond acceptors (Lipinski definition) is 3. The summed E-state index contributed by atoms with van der Waals surface area (Å²) in [5, 5.41) is 8.66. The molecule has 0 aliphatic carbocycles. The zero-order valence-electron chi connectivity index (χ0n) is 7.50. The van der Waals surface area contributed by atoms with Gasteiger partial charge in [0.25, 0.3) is 0 Å².